The van der Waals surface area contributed by atoms with Crippen LogP contribution >= 0.6 is 55.0 Å². The summed E-state index contributed by atoms with van der Waals surface area (Å²) in [6, 6.07) is 17.5. The van der Waals surface area contributed by atoms with E-state index in [9.17, 15) is 4.79 Å². The van der Waals surface area contributed by atoms with Crippen LogP contribution < -0.4 is 5.32 Å². The van der Waals surface area contributed by atoms with Gasteiger partial charge >= 0.3 is 0 Å². The molecule has 1 amide bonds. The maximum absolute atomic E-state index is 12.7. The molecule has 0 atom stereocenters. The van der Waals surface area contributed by atoms with Crippen LogP contribution in [0.25, 0.3) is 0 Å². The zero-order chi connectivity index (χ0) is 16.9. The second kappa shape index (κ2) is 8.34. The Kier molecular flexibility index (Phi) is 6.16. The summed E-state index contributed by atoms with van der Waals surface area (Å²) in [6.07, 6.45) is 0. The summed E-state index contributed by atoms with van der Waals surface area (Å²) in [5.74, 6) is 0.761. The van der Waals surface area contributed by atoms with E-state index in [0.717, 1.165) is 25.3 Å². The Balaban J connectivity index is 1.77. The van der Waals surface area contributed by atoms with E-state index < -0.39 is 0 Å². The molecule has 0 fully saturated rings. The fourth-order valence-corrected chi connectivity index (χ4v) is 5.07. The van der Waals surface area contributed by atoms with Crippen molar-refractivity contribution in [2.24, 2.45) is 0 Å². The molecule has 1 N–H and O–H groups in total. The minimum Gasteiger partial charge on any atom is -0.321 e. The van der Waals surface area contributed by atoms with E-state index in [-0.39, 0.29) is 5.91 Å². The van der Waals surface area contributed by atoms with E-state index in [1.54, 1.807) is 23.1 Å². The maximum atomic E-state index is 12.7. The van der Waals surface area contributed by atoms with E-state index in [1.807, 2.05) is 48.5 Å². The summed E-state index contributed by atoms with van der Waals surface area (Å²) in [5, 5.41) is 5.04. The largest absolute Gasteiger partial charge is 0.321 e. The number of benzene rings is 2. The van der Waals surface area contributed by atoms with Gasteiger partial charge < -0.3 is 5.32 Å². The van der Waals surface area contributed by atoms with Gasteiger partial charge in [-0.05, 0) is 57.7 Å². The van der Waals surface area contributed by atoms with Crippen molar-refractivity contribution in [2.45, 2.75) is 10.6 Å². The number of nitrogens with one attached hydrogen (secondary N) is 1. The molecule has 0 unspecified atom stereocenters. The van der Waals surface area contributed by atoms with Gasteiger partial charge in [0.05, 0.1) is 11.3 Å². The lowest BCUT2D eigenvalue weighted by atomic mass is 10.2. The fraction of sp³-hybridized carbons (Fsp3) is 0.0556. The van der Waals surface area contributed by atoms with Crippen molar-refractivity contribution in [1.29, 1.82) is 0 Å². The number of hydrogen-bond donors (Lipinski definition) is 1. The van der Waals surface area contributed by atoms with Crippen LogP contribution in [0.3, 0.4) is 0 Å². The Hall–Kier alpha value is -1.08. The van der Waals surface area contributed by atoms with E-state index in [2.05, 4.69) is 48.6 Å². The summed E-state index contributed by atoms with van der Waals surface area (Å²) in [7, 11) is 0. The van der Waals surface area contributed by atoms with Gasteiger partial charge in [-0.25, -0.2) is 0 Å². The Labute approximate surface area is 165 Å². The van der Waals surface area contributed by atoms with E-state index in [1.165, 1.54) is 4.88 Å². The molecule has 0 bridgehead atoms. The third-order valence-corrected chi connectivity index (χ3v) is 6.59. The lowest BCUT2D eigenvalue weighted by Gasteiger charge is -2.11. The lowest BCUT2D eigenvalue weighted by Crippen LogP contribution is -2.13. The van der Waals surface area contributed by atoms with Crippen LogP contribution in [-0.2, 0) is 5.75 Å². The Morgan fingerprint density at radius 1 is 1.08 bits per heavy atom. The molecule has 24 heavy (non-hydrogen) atoms. The van der Waals surface area contributed by atoms with Gasteiger partial charge in [-0.15, -0.1) is 23.1 Å². The highest BCUT2D eigenvalue weighted by Gasteiger charge is 2.13. The molecule has 3 aromatic rings. The van der Waals surface area contributed by atoms with Gasteiger partial charge in [-0.1, -0.05) is 34.1 Å². The minimum atomic E-state index is -0.104. The molecule has 122 valence electrons. The molecule has 1 heterocycles. The zero-order valence-electron chi connectivity index (χ0n) is 12.5. The molecule has 0 aliphatic carbocycles. The number of hydrogen-bond acceptors (Lipinski definition) is 3. The van der Waals surface area contributed by atoms with Crippen molar-refractivity contribution in [3.05, 3.63) is 79.4 Å². The Morgan fingerprint density at radius 2 is 1.92 bits per heavy atom. The van der Waals surface area contributed by atoms with E-state index in [0.29, 0.717) is 5.56 Å². The molecular formula is C18H13Br2NOS2. The molecule has 2 nitrogen and oxygen atoms in total. The molecule has 0 aliphatic heterocycles. The molecule has 2 aromatic carbocycles. The second-order valence-electron chi connectivity index (χ2n) is 4.94. The molecular weight excluding hydrogens is 470 g/mol. The highest BCUT2D eigenvalue weighted by molar-refractivity contribution is 9.11. The van der Waals surface area contributed by atoms with Crippen molar-refractivity contribution < 1.29 is 4.79 Å². The number of amides is 1. The standard InChI is InChI=1S/C18H13Br2NOS2/c19-12-7-8-16(15(20)10-12)21-18(22)14-5-1-2-6-17(14)24-11-13-4-3-9-23-13/h1-10H,11H2,(H,21,22). The van der Waals surface area contributed by atoms with E-state index in [4.69, 9.17) is 0 Å². The first-order chi connectivity index (χ1) is 11.6. The van der Waals surface area contributed by atoms with Gasteiger partial charge in [-0.2, -0.15) is 0 Å². The summed E-state index contributed by atoms with van der Waals surface area (Å²) in [4.78, 5) is 15.0. The molecule has 3 rings (SSSR count). The molecule has 0 saturated carbocycles. The first-order valence-corrected chi connectivity index (χ1v) is 10.6. The number of halogens is 2. The van der Waals surface area contributed by atoms with Gasteiger partial charge in [-0.3, -0.25) is 4.79 Å². The topological polar surface area (TPSA) is 29.1 Å². The number of rotatable bonds is 5. The van der Waals surface area contributed by atoms with Crippen molar-refractivity contribution >= 4 is 66.6 Å². The van der Waals surface area contributed by atoms with Gasteiger partial charge in [0.15, 0.2) is 0 Å². The summed E-state index contributed by atoms with van der Waals surface area (Å²) < 4.78 is 1.80. The number of thiophene rings is 1. The lowest BCUT2D eigenvalue weighted by molar-refractivity contribution is 0.102. The van der Waals surface area contributed by atoms with E-state index >= 15 is 0 Å². The summed E-state index contributed by atoms with van der Waals surface area (Å²) >= 11 is 10.3. The fourth-order valence-electron chi connectivity index (χ4n) is 2.10. The predicted molar refractivity (Wildman–Crippen MR) is 110 cm³/mol. The summed E-state index contributed by atoms with van der Waals surface area (Å²) in [5.41, 5.74) is 1.44. The molecule has 1 aromatic heterocycles. The van der Waals surface area contributed by atoms with Crippen LogP contribution in [0.2, 0.25) is 0 Å². The normalized spacial score (nSPS) is 10.6. The average Bonchev–Trinajstić information content (AvgIpc) is 3.09. The Morgan fingerprint density at radius 3 is 2.67 bits per heavy atom. The average molecular weight is 483 g/mol. The number of thioether (sulfide) groups is 1. The number of carbonyl (C=O) groups is 1. The molecule has 0 spiro atoms. The molecule has 6 heteroatoms. The number of anilines is 1. The van der Waals surface area contributed by atoms with Crippen LogP contribution in [0.5, 0.6) is 0 Å². The Bertz CT molecular complexity index is 850. The van der Waals surface area contributed by atoms with Crippen LogP contribution in [0.4, 0.5) is 5.69 Å². The quantitative estimate of drug-likeness (QED) is 0.404. The smallest absolute Gasteiger partial charge is 0.256 e. The molecule has 0 radical (unpaired) electrons. The van der Waals surface area contributed by atoms with Crippen LogP contribution in [0.1, 0.15) is 15.2 Å². The second-order valence-corrected chi connectivity index (χ2v) is 8.76. The van der Waals surface area contributed by atoms with Crippen molar-refractivity contribution in [1.82, 2.24) is 0 Å². The van der Waals surface area contributed by atoms with Gasteiger partial charge in [0.25, 0.3) is 5.91 Å². The maximum Gasteiger partial charge on any atom is 0.256 e. The van der Waals surface area contributed by atoms with Crippen molar-refractivity contribution in [3.63, 3.8) is 0 Å². The first-order valence-electron chi connectivity index (χ1n) is 7.14. The predicted octanol–water partition coefficient (Wildman–Crippen LogP) is 6.82. The van der Waals surface area contributed by atoms with Crippen LogP contribution in [-0.4, -0.2) is 5.91 Å². The van der Waals surface area contributed by atoms with Crippen molar-refractivity contribution in [3.8, 4) is 0 Å². The van der Waals surface area contributed by atoms with Gasteiger partial charge in [0.1, 0.15) is 0 Å². The highest BCUT2D eigenvalue weighted by Crippen LogP contribution is 2.30. The first kappa shape index (κ1) is 17.7. The third kappa shape index (κ3) is 4.51. The monoisotopic (exact) mass is 481 g/mol. The molecule has 0 saturated heterocycles. The van der Waals surface area contributed by atoms with Crippen LogP contribution in [0, 0.1) is 0 Å². The van der Waals surface area contributed by atoms with Crippen LogP contribution in [0.15, 0.2) is 73.8 Å². The molecule has 0 aliphatic rings. The SMILES string of the molecule is O=C(Nc1ccc(Br)cc1Br)c1ccccc1SCc1cccs1. The highest BCUT2D eigenvalue weighted by atomic mass is 79.9. The van der Waals surface area contributed by atoms with Gasteiger partial charge in [0, 0.05) is 24.5 Å². The zero-order valence-corrected chi connectivity index (χ0v) is 17.3. The number of carbonyl (C=O) groups excluding carboxylic acids is 1. The third-order valence-electron chi connectivity index (χ3n) is 3.26. The summed E-state index contributed by atoms with van der Waals surface area (Å²) in [6.45, 7) is 0. The minimum absolute atomic E-state index is 0.104. The van der Waals surface area contributed by atoms with Crippen molar-refractivity contribution in [2.75, 3.05) is 5.32 Å². The van der Waals surface area contributed by atoms with Gasteiger partial charge in [0.2, 0.25) is 0 Å².